The van der Waals surface area contributed by atoms with E-state index in [1.165, 1.54) is 0 Å². The van der Waals surface area contributed by atoms with Gasteiger partial charge in [-0.25, -0.2) is 0 Å². The zero-order chi connectivity index (χ0) is 10.8. The molecule has 1 aliphatic rings. The molecule has 14 heavy (non-hydrogen) atoms. The number of aliphatic hydroxyl groups is 1. The van der Waals surface area contributed by atoms with Crippen molar-refractivity contribution < 1.29 is 9.90 Å². The summed E-state index contributed by atoms with van der Waals surface area (Å²) in [6.07, 6.45) is 2.25. The number of halogens is 1. The molecule has 1 amide bonds. The molecule has 2 unspecified atom stereocenters. The number of hydrogen-bond acceptors (Lipinski definition) is 2. The monoisotopic (exact) mass is 219 g/mol. The van der Waals surface area contributed by atoms with Crippen molar-refractivity contribution in [1.29, 1.82) is 0 Å². The van der Waals surface area contributed by atoms with Crippen LogP contribution in [0, 0.1) is 5.41 Å². The third-order valence-electron chi connectivity index (χ3n) is 2.74. The van der Waals surface area contributed by atoms with Gasteiger partial charge in [-0.05, 0) is 33.1 Å². The molecule has 0 spiro atoms. The van der Waals surface area contributed by atoms with Crippen LogP contribution in [0.25, 0.3) is 0 Å². The molecule has 0 aromatic rings. The summed E-state index contributed by atoms with van der Waals surface area (Å²) >= 11 is 5.69. The first kappa shape index (κ1) is 11.8. The average molecular weight is 220 g/mol. The minimum Gasteiger partial charge on any atom is -0.391 e. The van der Waals surface area contributed by atoms with E-state index in [9.17, 15) is 9.90 Å². The Balaban J connectivity index is 2.48. The van der Waals surface area contributed by atoms with E-state index in [0.717, 1.165) is 19.3 Å². The summed E-state index contributed by atoms with van der Waals surface area (Å²) in [4.78, 5) is 11.7. The van der Waals surface area contributed by atoms with Crippen molar-refractivity contribution in [2.24, 2.45) is 5.41 Å². The quantitative estimate of drug-likeness (QED) is 0.703. The Morgan fingerprint density at radius 1 is 1.57 bits per heavy atom. The normalized spacial score (nSPS) is 27.7. The van der Waals surface area contributed by atoms with Crippen LogP contribution in [0.15, 0.2) is 0 Å². The first-order valence-electron chi connectivity index (χ1n) is 5.02. The second-order valence-corrected chi connectivity index (χ2v) is 4.86. The minimum absolute atomic E-state index is 0.0709. The molecule has 0 saturated heterocycles. The van der Waals surface area contributed by atoms with Crippen LogP contribution in [0.5, 0.6) is 0 Å². The van der Waals surface area contributed by atoms with E-state index in [4.69, 9.17) is 11.6 Å². The molecule has 0 aromatic heterocycles. The van der Waals surface area contributed by atoms with Gasteiger partial charge in [0.15, 0.2) is 0 Å². The number of alkyl halides is 1. The molecule has 0 aliphatic heterocycles. The second kappa shape index (κ2) is 4.49. The van der Waals surface area contributed by atoms with Crippen molar-refractivity contribution in [3.8, 4) is 0 Å². The Morgan fingerprint density at radius 3 is 2.64 bits per heavy atom. The maximum atomic E-state index is 11.7. The molecule has 1 fully saturated rings. The van der Waals surface area contributed by atoms with Crippen molar-refractivity contribution in [3.05, 3.63) is 0 Å². The van der Waals surface area contributed by atoms with Gasteiger partial charge in [-0.2, -0.15) is 0 Å². The fraction of sp³-hybridized carbons (Fsp3) is 0.900. The van der Waals surface area contributed by atoms with Gasteiger partial charge in [0.25, 0.3) is 0 Å². The summed E-state index contributed by atoms with van der Waals surface area (Å²) in [5.41, 5.74) is -0.552. The number of amides is 1. The zero-order valence-corrected chi connectivity index (χ0v) is 9.47. The lowest BCUT2D eigenvalue weighted by Gasteiger charge is -2.24. The first-order chi connectivity index (χ1) is 6.47. The van der Waals surface area contributed by atoms with Crippen LogP contribution in [-0.4, -0.2) is 29.0 Å². The van der Waals surface area contributed by atoms with Gasteiger partial charge in [0.1, 0.15) is 0 Å². The van der Waals surface area contributed by atoms with Gasteiger partial charge in [-0.3, -0.25) is 4.79 Å². The summed E-state index contributed by atoms with van der Waals surface area (Å²) in [6.45, 7) is 3.60. The van der Waals surface area contributed by atoms with Crippen molar-refractivity contribution in [1.82, 2.24) is 5.32 Å². The van der Waals surface area contributed by atoms with E-state index < -0.39 is 5.41 Å². The van der Waals surface area contributed by atoms with E-state index in [0.29, 0.717) is 5.88 Å². The Labute approximate surface area is 89.8 Å². The van der Waals surface area contributed by atoms with Crippen molar-refractivity contribution in [3.63, 3.8) is 0 Å². The molecule has 4 heteroatoms. The second-order valence-electron chi connectivity index (χ2n) is 4.60. The lowest BCUT2D eigenvalue weighted by atomic mass is 9.94. The Kier molecular flexibility index (Phi) is 3.78. The van der Waals surface area contributed by atoms with Crippen molar-refractivity contribution in [2.75, 3.05) is 5.88 Å². The largest absolute Gasteiger partial charge is 0.391 e. The maximum absolute atomic E-state index is 11.7. The smallest absolute Gasteiger partial charge is 0.227 e. The fourth-order valence-corrected chi connectivity index (χ4v) is 1.65. The average Bonchev–Trinajstić information content (AvgIpc) is 2.52. The number of carbonyl (C=O) groups is 1. The highest BCUT2D eigenvalue weighted by Gasteiger charge is 2.32. The molecule has 1 saturated carbocycles. The summed E-state index contributed by atoms with van der Waals surface area (Å²) in [6, 6.07) is -0.0787. The van der Waals surface area contributed by atoms with Gasteiger partial charge in [-0.15, -0.1) is 11.6 Å². The van der Waals surface area contributed by atoms with Gasteiger partial charge in [0.05, 0.1) is 17.6 Å². The lowest BCUT2D eigenvalue weighted by Crippen LogP contribution is -2.46. The SMILES string of the molecule is CC(C)(CCl)C(=O)NC1CCCC1O. The lowest BCUT2D eigenvalue weighted by molar-refractivity contribution is -0.129. The Bertz CT molecular complexity index is 218. The van der Waals surface area contributed by atoms with Gasteiger partial charge < -0.3 is 10.4 Å². The number of carbonyl (C=O) groups excluding carboxylic acids is 1. The topological polar surface area (TPSA) is 49.3 Å². The summed E-state index contributed by atoms with van der Waals surface area (Å²) in [5.74, 6) is 0.222. The molecule has 0 bridgehead atoms. The minimum atomic E-state index is -0.552. The molecular weight excluding hydrogens is 202 g/mol. The summed E-state index contributed by atoms with van der Waals surface area (Å²) in [5, 5.41) is 12.4. The number of aliphatic hydroxyl groups excluding tert-OH is 1. The van der Waals surface area contributed by atoms with E-state index in [1.807, 2.05) is 0 Å². The molecule has 0 radical (unpaired) electrons. The highest BCUT2D eigenvalue weighted by atomic mass is 35.5. The maximum Gasteiger partial charge on any atom is 0.227 e. The third-order valence-corrected chi connectivity index (χ3v) is 3.41. The molecule has 2 N–H and O–H groups in total. The van der Waals surface area contributed by atoms with Crippen LogP contribution in [0.4, 0.5) is 0 Å². The summed E-state index contributed by atoms with van der Waals surface area (Å²) < 4.78 is 0. The predicted octanol–water partition coefficient (Wildman–Crippen LogP) is 1.28. The highest BCUT2D eigenvalue weighted by molar-refractivity contribution is 6.19. The van der Waals surface area contributed by atoms with Crippen LogP contribution >= 0.6 is 11.6 Å². The number of nitrogens with one attached hydrogen (secondary N) is 1. The molecule has 2 atom stereocenters. The predicted molar refractivity (Wildman–Crippen MR) is 56.3 cm³/mol. The van der Waals surface area contributed by atoms with E-state index in [1.54, 1.807) is 13.8 Å². The fourth-order valence-electron chi connectivity index (χ4n) is 1.53. The molecule has 1 rings (SSSR count). The first-order valence-corrected chi connectivity index (χ1v) is 5.56. The van der Waals surface area contributed by atoms with Gasteiger partial charge in [0, 0.05) is 5.88 Å². The number of hydrogen-bond donors (Lipinski definition) is 2. The molecule has 0 heterocycles. The van der Waals surface area contributed by atoms with E-state index in [2.05, 4.69) is 5.32 Å². The Hall–Kier alpha value is -0.280. The third kappa shape index (κ3) is 2.61. The van der Waals surface area contributed by atoms with Crippen molar-refractivity contribution in [2.45, 2.75) is 45.3 Å². The van der Waals surface area contributed by atoms with Crippen molar-refractivity contribution >= 4 is 17.5 Å². The van der Waals surface area contributed by atoms with Crippen LogP contribution in [0.2, 0.25) is 0 Å². The zero-order valence-electron chi connectivity index (χ0n) is 8.72. The molecular formula is C10H18ClNO2. The van der Waals surface area contributed by atoms with Crippen LogP contribution in [0.3, 0.4) is 0 Å². The number of rotatable bonds is 3. The van der Waals surface area contributed by atoms with Crippen LogP contribution in [0.1, 0.15) is 33.1 Å². The van der Waals surface area contributed by atoms with E-state index in [-0.39, 0.29) is 18.1 Å². The van der Waals surface area contributed by atoms with Crippen LogP contribution < -0.4 is 5.32 Å². The molecule has 0 aromatic carbocycles. The van der Waals surface area contributed by atoms with Gasteiger partial charge in [0.2, 0.25) is 5.91 Å². The summed E-state index contributed by atoms with van der Waals surface area (Å²) in [7, 11) is 0. The molecule has 3 nitrogen and oxygen atoms in total. The standard InChI is InChI=1S/C10H18ClNO2/c1-10(2,6-11)9(14)12-7-4-3-5-8(7)13/h7-8,13H,3-6H2,1-2H3,(H,12,14). The Morgan fingerprint density at radius 2 is 2.21 bits per heavy atom. The van der Waals surface area contributed by atoms with Gasteiger partial charge >= 0.3 is 0 Å². The highest BCUT2D eigenvalue weighted by Crippen LogP contribution is 2.22. The van der Waals surface area contributed by atoms with E-state index >= 15 is 0 Å². The van der Waals surface area contributed by atoms with Gasteiger partial charge in [-0.1, -0.05) is 0 Å². The van der Waals surface area contributed by atoms with Crippen LogP contribution in [-0.2, 0) is 4.79 Å². The molecule has 82 valence electrons. The molecule has 1 aliphatic carbocycles.